The molecule has 3 aliphatic rings. The van der Waals surface area contributed by atoms with Crippen LogP contribution < -0.4 is 5.43 Å². The van der Waals surface area contributed by atoms with Gasteiger partial charge in [-0.3, -0.25) is 9.59 Å². The third-order valence-electron chi connectivity index (χ3n) is 7.45. The second-order valence-electron chi connectivity index (χ2n) is 9.54. The molecule has 1 aliphatic carbocycles. The maximum atomic E-state index is 14.9. The summed E-state index contributed by atoms with van der Waals surface area (Å²) in [5, 5.41) is -0.418. The van der Waals surface area contributed by atoms with Crippen LogP contribution in [0.5, 0.6) is 0 Å². The smallest absolute Gasteiger partial charge is 0.259 e. The number of carbonyl (C=O) groups is 1. The monoisotopic (exact) mass is 478 g/mol. The van der Waals surface area contributed by atoms with Gasteiger partial charge in [0.2, 0.25) is 0 Å². The molecule has 3 heterocycles. The fourth-order valence-electron chi connectivity index (χ4n) is 5.92. The Balaban J connectivity index is 1.55. The summed E-state index contributed by atoms with van der Waals surface area (Å²) in [5.41, 5.74) is 2.45. The van der Waals surface area contributed by atoms with E-state index in [1.165, 1.54) is 30.0 Å². The van der Waals surface area contributed by atoms with Crippen LogP contribution in [0, 0.1) is 24.5 Å². The molecule has 2 aliphatic heterocycles. The van der Waals surface area contributed by atoms with Crippen molar-refractivity contribution >= 4 is 17.7 Å². The lowest BCUT2D eigenvalue weighted by Gasteiger charge is -2.29. The number of aromatic nitrogens is 1. The fourth-order valence-corrected chi connectivity index (χ4v) is 7.22. The number of carbonyl (C=O) groups excluding carboxylic acids is 1. The molecular formula is C27H24F2N2O2S. The Morgan fingerprint density at radius 3 is 2.65 bits per heavy atom. The summed E-state index contributed by atoms with van der Waals surface area (Å²) in [5.74, 6) is -0.961. The summed E-state index contributed by atoms with van der Waals surface area (Å²) in [4.78, 5) is 29.9. The maximum Gasteiger partial charge on any atom is 0.259 e. The number of amides is 1. The van der Waals surface area contributed by atoms with E-state index in [-0.39, 0.29) is 29.4 Å². The molecule has 0 radical (unpaired) electrons. The largest absolute Gasteiger partial charge is 0.335 e. The number of pyridine rings is 1. The predicted molar refractivity (Wildman–Crippen MR) is 128 cm³/mol. The third kappa shape index (κ3) is 3.40. The van der Waals surface area contributed by atoms with Gasteiger partial charge < -0.3 is 9.47 Å². The van der Waals surface area contributed by atoms with Crippen molar-refractivity contribution in [2.24, 2.45) is 5.92 Å². The lowest BCUT2D eigenvalue weighted by molar-refractivity contribution is 0.0700. The van der Waals surface area contributed by atoms with E-state index in [4.69, 9.17) is 0 Å². The minimum Gasteiger partial charge on any atom is -0.335 e. The van der Waals surface area contributed by atoms with Crippen molar-refractivity contribution in [1.29, 1.82) is 0 Å². The first kappa shape index (κ1) is 21.6. The summed E-state index contributed by atoms with van der Waals surface area (Å²) in [6.07, 6.45) is 3.40. The second kappa shape index (κ2) is 8.08. The highest BCUT2D eigenvalue weighted by molar-refractivity contribution is 7.99. The number of hydrogen-bond donors (Lipinski definition) is 0. The van der Waals surface area contributed by atoms with Crippen molar-refractivity contribution in [3.8, 4) is 5.69 Å². The number of benzene rings is 2. The van der Waals surface area contributed by atoms with Crippen molar-refractivity contribution in [2.75, 3.05) is 6.54 Å². The molecule has 2 fully saturated rings. The lowest BCUT2D eigenvalue weighted by atomic mass is 10.00. The molecule has 1 saturated carbocycles. The van der Waals surface area contributed by atoms with Crippen LogP contribution >= 0.6 is 11.8 Å². The molecule has 34 heavy (non-hydrogen) atoms. The van der Waals surface area contributed by atoms with E-state index in [1.54, 1.807) is 0 Å². The number of nitrogens with zero attached hydrogens (tertiary/aromatic N) is 2. The first-order valence-corrected chi connectivity index (χ1v) is 12.6. The second-order valence-corrected chi connectivity index (χ2v) is 10.8. The molecule has 1 aromatic heterocycles. The normalized spacial score (nSPS) is 22.9. The number of thioether (sulfide) groups is 1. The summed E-state index contributed by atoms with van der Waals surface area (Å²) in [6.45, 7) is 2.55. The third-order valence-corrected chi connectivity index (χ3v) is 8.75. The van der Waals surface area contributed by atoms with Crippen LogP contribution in [0.25, 0.3) is 5.69 Å². The molecule has 3 aromatic rings. The summed E-state index contributed by atoms with van der Waals surface area (Å²) in [7, 11) is 0. The van der Waals surface area contributed by atoms with E-state index in [2.05, 4.69) is 0 Å². The molecule has 2 aromatic carbocycles. The van der Waals surface area contributed by atoms with Gasteiger partial charge in [0.1, 0.15) is 17.2 Å². The zero-order chi connectivity index (χ0) is 23.6. The molecule has 2 bridgehead atoms. The van der Waals surface area contributed by atoms with Crippen LogP contribution in [0.2, 0.25) is 0 Å². The molecule has 0 N–H and O–H groups in total. The Bertz CT molecular complexity index is 1390. The first-order valence-electron chi connectivity index (χ1n) is 11.7. The Morgan fingerprint density at radius 2 is 1.91 bits per heavy atom. The molecule has 174 valence electrons. The average Bonchev–Trinajstić information content (AvgIpc) is 3.39. The Morgan fingerprint density at radius 1 is 1.09 bits per heavy atom. The minimum absolute atomic E-state index is 0.183. The fraction of sp³-hybridized carbons (Fsp3) is 0.333. The van der Waals surface area contributed by atoms with Gasteiger partial charge in [-0.2, -0.15) is 0 Å². The van der Waals surface area contributed by atoms with Gasteiger partial charge in [0.15, 0.2) is 5.43 Å². The van der Waals surface area contributed by atoms with E-state index in [0.717, 1.165) is 41.6 Å². The highest BCUT2D eigenvalue weighted by Crippen LogP contribution is 2.45. The SMILES string of the molecule is Cc1cc(=O)c(C(=O)N2CC3CCC2C3)c2n1-c1ccccc1SC(c1ccc(F)cc1F)C2. The van der Waals surface area contributed by atoms with E-state index in [9.17, 15) is 18.4 Å². The van der Waals surface area contributed by atoms with E-state index < -0.39 is 16.9 Å². The van der Waals surface area contributed by atoms with Crippen LogP contribution in [0.4, 0.5) is 8.78 Å². The van der Waals surface area contributed by atoms with E-state index >= 15 is 0 Å². The highest BCUT2D eigenvalue weighted by Gasteiger charge is 2.42. The maximum absolute atomic E-state index is 14.9. The number of fused-ring (bicyclic) bond motifs is 5. The number of likely N-dealkylation sites (tertiary alicyclic amines) is 1. The van der Waals surface area contributed by atoms with Crippen LogP contribution in [-0.2, 0) is 6.42 Å². The number of rotatable bonds is 2. The molecular weight excluding hydrogens is 454 g/mol. The van der Waals surface area contributed by atoms with Crippen LogP contribution in [0.1, 0.15) is 51.8 Å². The van der Waals surface area contributed by atoms with Gasteiger partial charge in [-0.05, 0) is 50.3 Å². The molecule has 0 spiro atoms. The molecule has 1 saturated heterocycles. The molecule has 4 nitrogen and oxygen atoms in total. The van der Waals surface area contributed by atoms with Gasteiger partial charge in [0.25, 0.3) is 5.91 Å². The highest BCUT2D eigenvalue weighted by atomic mass is 32.2. The first-order chi connectivity index (χ1) is 16.4. The number of hydrogen-bond acceptors (Lipinski definition) is 3. The zero-order valence-electron chi connectivity index (χ0n) is 18.8. The van der Waals surface area contributed by atoms with Gasteiger partial charge >= 0.3 is 0 Å². The van der Waals surface area contributed by atoms with Gasteiger partial charge in [0, 0.05) is 58.2 Å². The van der Waals surface area contributed by atoms with Crippen molar-refractivity contribution in [3.05, 3.63) is 92.9 Å². The number of para-hydroxylation sites is 1. The Kier molecular flexibility index (Phi) is 5.13. The van der Waals surface area contributed by atoms with Gasteiger partial charge in [-0.25, -0.2) is 8.78 Å². The molecule has 7 heteroatoms. The standard InChI is InChI=1S/C27H24F2N2O2S/c1-15-10-23(32)26(27(33)30-14-16-6-8-18(30)11-16)22-13-25(19-9-7-17(28)12-20(19)29)34-24-5-3-2-4-21(24)31(15)22/h2-5,7,9-10,12,16,18,25H,6,8,11,13-14H2,1H3. The number of halogens is 2. The summed E-state index contributed by atoms with van der Waals surface area (Å²) >= 11 is 1.48. The van der Waals surface area contributed by atoms with Crippen molar-refractivity contribution in [3.63, 3.8) is 0 Å². The van der Waals surface area contributed by atoms with E-state index in [1.807, 2.05) is 40.7 Å². The van der Waals surface area contributed by atoms with Crippen LogP contribution in [-0.4, -0.2) is 28.0 Å². The van der Waals surface area contributed by atoms with Crippen molar-refractivity contribution in [2.45, 2.75) is 48.8 Å². The van der Waals surface area contributed by atoms with Crippen molar-refractivity contribution < 1.29 is 13.6 Å². The summed E-state index contributed by atoms with van der Waals surface area (Å²) in [6, 6.07) is 13.1. The van der Waals surface area contributed by atoms with Crippen LogP contribution in [0.15, 0.2) is 58.2 Å². The lowest BCUT2D eigenvalue weighted by Crippen LogP contribution is -2.41. The molecule has 1 amide bonds. The number of aryl methyl sites for hydroxylation is 1. The zero-order valence-corrected chi connectivity index (χ0v) is 19.6. The average molecular weight is 479 g/mol. The quantitative estimate of drug-likeness (QED) is 0.493. The minimum atomic E-state index is -0.632. The van der Waals surface area contributed by atoms with Crippen LogP contribution in [0.3, 0.4) is 0 Å². The van der Waals surface area contributed by atoms with E-state index in [0.29, 0.717) is 23.7 Å². The molecule has 3 unspecified atom stereocenters. The summed E-state index contributed by atoms with van der Waals surface area (Å²) < 4.78 is 30.5. The Labute approximate surface area is 200 Å². The molecule has 3 atom stereocenters. The molecule has 6 rings (SSSR count). The predicted octanol–water partition coefficient (Wildman–Crippen LogP) is 5.44. The van der Waals surface area contributed by atoms with Gasteiger partial charge in [-0.15, -0.1) is 11.8 Å². The van der Waals surface area contributed by atoms with Crippen molar-refractivity contribution in [1.82, 2.24) is 9.47 Å². The number of piperidine rings is 1. The Hall–Kier alpha value is -2.93. The van der Waals surface area contributed by atoms with Gasteiger partial charge in [-0.1, -0.05) is 18.2 Å². The topological polar surface area (TPSA) is 42.3 Å². The van der Waals surface area contributed by atoms with Gasteiger partial charge in [0.05, 0.1) is 5.69 Å².